The summed E-state index contributed by atoms with van der Waals surface area (Å²) in [7, 11) is 0. The zero-order valence-corrected chi connectivity index (χ0v) is 12.4. The van der Waals surface area contributed by atoms with Crippen LogP contribution < -0.4 is 5.32 Å². The molecule has 2 N–H and O–H groups in total. The highest BCUT2D eigenvalue weighted by molar-refractivity contribution is 5.89. The highest BCUT2D eigenvalue weighted by Crippen LogP contribution is 2.45. The number of furan rings is 1. The van der Waals surface area contributed by atoms with Gasteiger partial charge < -0.3 is 14.8 Å². The third kappa shape index (κ3) is 2.74. The Bertz CT molecular complexity index is 696. The molecule has 2 aromatic rings. The van der Waals surface area contributed by atoms with Crippen LogP contribution in [0.25, 0.3) is 0 Å². The Hall–Kier alpha value is -2.21. The number of rotatable bonds is 5. The third-order valence-corrected chi connectivity index (χ3v) is 4.46. The number of amides is 1. The molecule has 122 valence electrons. The molecule has 1 amide bonds. The number of aliphatic hydroxyl groups is 1. The Morgan fingerprint density at radius 2 is 2.13 bits per heavy atom. The van der Waals surface area contributed by atoms with Crippen LogP contribution in [-0.2, 0) is 10.2 Å². The first-order valence-corrected chi connectivity index (χ1v) is 7.47. The second-order valence-corrected chi connectivity index (χ2v) is 5.78. The quantitative estimate of drug-likeness (QED) is 0.890. The van der Waals surface area contributed by atoms with Crippen molar-refractivity contribution >= 4 is 5.91 Å². The number of carbonyl (C=O) groups is 1. The summed E-state index contributed by atoms with van der Waals surface area (Å²) in [6.07, 6.45) is 3.20. The molecule has 1 unspecified atom stereocenters. The van der Waals surface area contributed by atoms with E-state index < -0.39 is 23.1 Å². The van der Waals surface area contributed by atoms with Crippen LogP contribution in [0, 0.1) is 11.6 Å². The van der Waals surface area contributed by atoms with Crippen LogP contribution in [0.15, 0.2) is 41.0 Å². The van der Waals surface area contributed by atoms with E-state index in [0.29, 0.717) is 18.6 Å². The normalized spacial score (nSPS) is 17.3. The van der Waals surface area contributed by atoms with Crippen molar-refractivity contribution in [3.63, 3.8) is 0 Å². The standard InChI is InChI=1S/C17H17F2NO3/c18-11-4-5-12(13(19)9-11)17(6-2-7-17)16(22)20-14(10-21)15-3-1-8-23-15/h1,3-5,8-9,14,21H,2,6-7,10H2,(H,20,22). The fourth-order valence-corrected chi connectivity index (χ4v) is 3.02. The van der Waals surface area contributed by atoms with E-state index in [2.05, 4.69) is 5.32 Å². The van der Waals surface area contributed by atoms with Gasteiger partial charge in [0.1, 0.15) is 23.4 Å². The number of aliphatic hydroxyl groups excluding tert-OH is 1. The Kier molecular flexibility index (Phi) is 4.17. The van der Waals surface area contributed by atoms with Gasteiger partial charge in [-0.1, -0.05) is 12.5 Å². The highest BCUT2D eigenvalue weighted by Gasteiger charge is 2.47. The molecular formula is C17H17F2NO3. The van der Waals surface area contributed by atoms with Crippen molar-refractivity contribution < 1.29 is 23.1 Å². The van der Waals surface area contributed by atoms with Gasteiger partial charge in [0, 0.05) is 11.6 Å². The number of benzene rings is 1. The van der Waals surface area contributed by atoms with Crippen molar-refractivity contribution in [1.29, 1.82) is 0 Å². The van der Waals surface area contributed by atoms with Crippen LogP contribution in [0.3, 0.4) is 0 Å². The van der Waals surface area contributed by atoms with Crippen LogP contribution in [0.2, 0.25) is 0 Å². The predicted molar refractivity (Wildman–Crippen MR) is 78.6 cm³/mol. The van der Waals surface area contributed by atoms with Crippen LogP contribution in [0.1, 0.15) is 36.6 Å². The zero-order chi connectivity index (χ0) is 16.4. The topological polar surface area (TPSA) is 62.5 Å². The van der Waals surface area contributed by atoms with Crippen LogP contribution in [0.5, 0.6) is 0 Å². The molecule has 1 saturated carbocycles. The van der Waals surface area contributed by atoms with Gasteiger partial charge in [-0.05, 0) is 31.0 Å². The summed E-state index contributed by atoms with van der Waals surface area (Å²) >= 11 is 0. The lowest BCUT2D eigenvalue weighted by Gasteiger charge is -2.41. The fraction of sp³-hybridized carbons (Fsp3) is 0.353. The van der Waals surface area contributed by atoms with Gasteiger partial charge in [-0.15, -0.1) is 0 Å². The van der Waals surface area contributed by atoms with Crippen LogP contribution in [0.4, 0.5) is 8.78 Å². The maximum absolute atomic E-state index is 14.1. The summed E-state index contributed by atoms with van der Waals surface area (Å²) in [4.78, 5) is 12.7. The van der Waals surface area contributed by atoms with E-state index in [9.17, 15) is 18.7 Å². The van der Waals surface area contributed by atoms with Crippen LogP contribution in [-0.4, -0.2) is 17.6 Å². The number of hydrogen-bond acceptors (Lipinski definition) is 3. The maximum Gasteiger partial charge on any atom is 0.231 e. The van der Waals surface area contributed by atoms with E-state index in [4.69, 9.17) is 4.42 Å². The molecule has 1 atom stereocenters. The molecule has 3 rings (SSSR count). The summed E-state index contributed by atoms with van der Waals surface area (Å²) in [5.74, 6) is -1.36. The van der Waals surface area contributed by atoms with E-state index in [1.165, 1.54) is 12.3 Å². The van der Waals surface area contributed by atoms with Crippen LogP contribution >= 0.6 is 0 Å². The molecule has 23 heavy (non-hydrogen) atoms. The highest BCUT2D eigenvalue weighted by atomic mass is 19.1. The van der Waals surface area contributed by atoms with Gasteiger partial charge in [-0.3, -0.25) is 4.79 Å². The predicted octanol–water partition coefficient (Wildman–Crippen LogP) is 2.83. The fourth-order valence-electron chi connectivity index (χ4n) is 3.02. The minimum Gasteiger partial charge on any atom is -0.467 e. The summed E-state index contributed by atoms with van der Waals surface area (Å²) in [5, 5.41) is 12.2. The van der Waals surface area contributed by atoms with Crippen molar-refractivity contribution in [2.45, 2.75) is 30.7 Å². The molecular weight excluding hydrogens is 304 g/mol. The van der Waals surface area contributed by atoms with Crippen molar-refractivity contribution in [1.82, 2.24) is 5.32 Å². The Balaban J connectivity index is 1.86. The van der Waals surface area contributed by atoms with E-state index in [1.54, 1.807) is 12.1 Å². The first kappa shape index (κ1) is 15.7. The minimum atomic E-state index is -1.02. The van der Waals surface area contributed by atoms with E-state index in [-0.39, 0.29) is 18.1 Å². The molecule has 1 aromatic heterocycles. The molecule has 1 aliphatic carbocycles. The monoisotopic (exact) mass is 321 g/mol. The third-order valence-electron chi connectivity index (χ3n) is 4.46. The maximum atomic E-state index is 14.1. The molecule has 6 heteroatoms. The second kappa shape index (κ2) is 6.12. The first-order chi connectivity index (χ1) is 11.1. The van der Waals surface area contributed by atoms with E-state index in [1.807, 2.05) is 0 Å². The van der Waals surface area contributed by atoms with E-state index in [0.717, 1.165) is 18.6 Å². The zero-order valence-electron chi connectivity index (χ0n) is 12.4. The Morgan fingerprint density at radius 1 is 1.35 bits per heavy atom. The van der Waals surface area contributed by atoms with Gasteiger partial charge in [-0.2, -0.15) is 0 Å². The van der Waals surface area contributed by atoms with Gasteiger partial charge in [0.15, 0.2) is 0 Å². The molecule has 0 spiro atoms. The lowest BCUT2D eigenvalue weighted by molar-refractivity contribution is -0.131. The van der Waals surface area contributed by atoms with E-state index >= 15 is 0 Å². The van der Waals surface area contributed by atoms with Gasteiger partial charge in [0.05, 0.1) is 18.3 Å². The number of halogens is 2. The smallest absolute Gasteiger partial charge is 0.231 e. The van der Waals surface area contributed by atoms with Gasteiger partial charge in [-0.25, -0.2) is 8.78 Å². The molecule has 0 saturated heterocycles. The van der Waals surface area contributed by atoms with Gasteiger partial charge in [0.2, 0.25) is 5.91 Å². The largest absolute Gasteiger partial charge is 0.467 e. The second-order valence-electron chi connectivity index (χ2n) is 5.78. The Morgan fingerprint density at radius 3 is 2.65 bits per heavy atom. The molecule has 1 aromatic carbocycles. The average Bonchev–Trinajstić information content (AvgIpc) is 2.99. The van der Waals surface area contributed by atoms with Gasteiger partial charge >= 0.3 is 0 Å². The summed E-state index contributed by atoms with van der Waals surface area (Å²) in [5.41, 5.74) is -0.823. The molecule has 0 bridgehead atoms. The molecule has 0 radical (unpaired) electrons. The lowest BCUT2D eigenvalue weighted by Crippen LogP contribution is -2.51. The van der Waals surface area contributed by atoms with Crippen molar-refractivity contribution in [2.75, 3.05) is 6.61 Å². The summed E-state index contributed by atoms with van der Waals surface area (Å²) < 4.78 is 32.5. The molecule has 1 fully saturated rings. The first-order valence-electron chi connectivity index (χ1n) is 7.47. The minimum absolute atomic E-state index is 0.193. The SMILES string of the molecule is O=C(NC(CO)c1ccco1)C1(c2ccc(F)cc2F)CCC1. The summed E-state index contributed by atoms with van der Waals surface area (Å²) in [6, 6.07) is 5.87. The number of carbonyl (C=O) groups excluding carboxylic acids is 1. The average molecular weight is 321 g/mol. The lowest BCUT2D eigenvalue weighted by atomic mass is 9.63. The summed E-state index contributed by atoms with van der Waals surface area (Å²) in [6.45, 7) is -0.332. The van der Waals surface area contributed by atoms with Crippen molar-refractivity contribution in [2.24, 2.45) is 0 Å². The van der Waals surface area contributed by atoms with Crippen molar-refractivity contribution in [3.8, 4) is 0 Å². The van der Waals surface area contributed by atoms with Crippen molar-refractivity contribution in [3.05, 3.63) is 59.6 Å². The molecule has 4 nitrogen and oxygen atoms in total. The number of nitrogens with one attached hydrogen (secondary N) is 1. The molecule has 0 aliphatic heterocycles. The number of hydrogen-bond donors (Lipinski definition) is 2. The Labute approximate surface area is 132 Å². The van der Waals surface area contributed by atoms with Gasteiger partial charge in [0.25, 0.3) is 0 Å². The molecule has 1 aliphatic rings. The molecule has 1 heterocycles.